The summed E-state index contributed by atoms with van der Waals surface area (Å²) in [5, 5.41) is 0. The summed E-state index contributed by atoms with van der Waals surface area (Å²) in [4.78, 5) is 13.9. The van der Waals surface area contributed by atoms with Crippen molar-refractivity contribution in [3.8, 4) is 0 Å². The number of carbonyl (C=O) groups excluding carboxylic acids is 1. The second-order valence-electron chi connectivity index (χ2n) is 4.79. The maximum atomic E-state index is 12.2. The third kappa shape index (κ3) is 3.09. The number of nitrogens with zero attached hydrogens (tertiary/aromatic N) is 1. The summed E-state index contributed by atoms with van der Waals surface area (Å²) in [5.74, 6) is 1.73. The van der Waals surface area contributed by atoms with Crippen LogP contribution < -0.4 is 5.73 Å². The summed E-state index contributed by atoms with van der Waals surface area (Å²) in [6.07, 6.45) is 0.740. The van der Waals surface area contributed by atoms with E-state index in [-0.39, 0.29) is 5.91 Å². The van der Waals surface area contributed by atoms with E-state index in [2.05, 4.69) is 0 Å². The van der Waals surface area contributed by atoms with E-state index in [9.17, 15) is 4.79 Å². The fourth-order valence-electron chi connectivity index (χ4n) is 1.72. The predicted octanol–water partition coefficient (Wildman–Crippen LogP) is 1.92. The molecule has 4 nitrogen and oxygen atoms in total. The molecule has 1 rings (SSSR count). The Bertz CT molecular complexity index is 381. The Morgan fingerprint density at radius 1 is 1.53 bits per heavy atom. The molecular weight excluding hydrogens is 216 g/mol. The number of nitrogens with two attached hydrogens (primary N) is 1. The molecule has 0 radical (unpaired) electrons. The minimum Gasteiger partial charge on any atom is -0.464 e. The molecule has 0 saturated carbocycles. The van der Waals surface area contributed by atoms with Crippen LogP contribution in [0.2, 0.25) is 0 Å². The lowest BCUT2D eigenvalue weighted by Crippen LogP contribution is -2.44. The number of carbonyl (C=O) groups is 1. The molecule has 96 valence electrons. The SMILES string of the molecule is CCC(C)(CN)C(=O)N(C)Cc1ccc(C)o1. The number of hydrogen-bond donors (Lipinski definition) is 1. The van der Waals surface area contributed by atoms with Gasteiger partial charge in [-0.05, 0) is 32.4 Å². The minimum atomic E-state index is -0.476. The minimum absolute atomic E-state index is 0.0663. The van der Waals surface area contributed by atoms with Crippen molar-refractivity contribution >= 4 is 5.91 Å². The topological polar surface area (TPSA) is 59.5 Å². The second-order valence-corrected chi connectivity index (χ2v) is 4.79. The van der Waals surface area contributed by atoms with Gasteiger partial charge in [-0.15, -0.1) is 0 Å². The van der Waals surface area contributed by atoms with Crippen molar-refractivity contribution < 1.29 is 9.21 Å². The molecule has 1 heterocycles. The zero-order valence-corrected chi connectivity index (χ0v) is 11.1. The molecule has 4 heteroatoms. The zero-order valence-electron chi connectivity index (χ0n) is 11.1. The number of aryl methyl sites for hydroxylation is 1. The van der Waals surface area contributed by atoms with E-state index < -0.39 is 5.41 Å². The van der Waals surface area contributed by atoms with Gasteiger partial charge in [0.15, 0.2) is 0 Å². The van der Waals surface area contributed by atoms with Crippen LogP contribution in [-0.4, -0.2) is 24.4 Å². The van der Waals surface area contributed by atoms with Crippen molar-refractivity contribution in [3.05, 3.63) is 23.7 Å². The first-order valence-corrected chi connectivity index (χ1v) is 5.94. The van der Waals surface area contributed by atoms with E-state index in [4.69, 9.17) is 10.2 Å². The van der Waals surface area contributed by atoms with Crippen molar-refractivity contribution in [1.82, 2.24) is 4.90 Å². The number of furan rings is 1. The molecule has 0 aromatic carbocycles. The average Bonchev–Trinajstić information content (AvgIpc) is 2.72. The quantitative estimate of drug-likeness (QED) is 0.852. The van der Waals surface area contributed by atoms with E-state index >= 15 is 0 Å². The van der Waals surface area contributed by atoms with Crippen LogP contribution in [0.1, 0.15) is 31.8 Å². The van der Waals surface area contributed by atoms with Crippen LogP contribution in [0.15, 0.2) is 16.5 Å². The van der Waals surface area contributed by atoms with Crippen LogP contribution in [-0.2, 0) is 11.3 Å². The van der Waals surface area contributed by atoms with E-state index in [1.165, 1.54) is 0 Å². The Balaban J connectivity index is 2.70. The summed E-state index contributed by atoms with van der Waals surface area (Å²) in [7, 11) is 1.78. The van der Waals surface area contributed by atoms with Gasteiger partial charge in [-0.25, -0.2) is 0 Å². The monoisotopic (exact) mass is 238 g/mol. The Kier molecular flexibility index (Phi) is 4.34. The van der Waals surface area contributed by atoms with E-state index in [0.717, 1.165) is 17.9 Å². The van der Waals surface area contributed by atoms with Crippen LogP contribution in [0.4, 0.5) is 0 Å². The van der Waals surface area contributed by atoms with Crippen LogP contribution in [0.5, 0.6) is 0 Å². The fourth-order valence-corrected chi connectivity index (χ4v) is 1.72. The standard InChI is InChI=1S/C13H22N2O2/c1-5-13(3,9-14)12(16)15(4)8-11-7-6-10(2)17-11/h6-7H,5,8-9,14H2,1-4H3. The largest absolute Gasteiger partial charge is 0.464 e. The first-order chi connectivity index (χ1) is 7.92. The van der Waals surface area contributed by atoms with E-state index in [1.54, 1.807) is 11.9 Å². The van der Waals surface area contributed by atoms with Gasteiger partial charge < -0.3 is 15.1 Å². The van der Waals surface area contributed by atoms with E-state index in [0.29, 0.717) is 13.1 Å². The van der Waals surface area contributed by atoms with Crippen LogP contribution >= 0.6 is 0 Å². The lowest BCUT2D eigenvalue weighted by Gasteiger charge is -2.30. The van der Waals surface area contributed by atoms with Gasteiger partial charge in [0.25, 0.3) is 0 Å². The number of rotatable bonds is 5. The first-order valence-electron chi connectivity index (χ1n) is 5.94. The Morgan fingerprint density at radius 3 is 2.59 bits per heavy atom. The molecule has 0 aliphatic carbocycles. The molecule has 0 fully saturated rings. The molecule has 0 aliphatic heterocycles. The molecule has 0 aliphatic rings. The molecule has 0 saturated heterocycles. The molecule has 1 atom stereocenters. The lowest BCUT2D eigenvalue weighted by molar-refractivity contribution is -0.140. The summed E-state index contributed by atoms with van der Waals surface area (Å²) in [5.41, 5.74) is 5.21. The highest BCUT2D eigenvalue weighted by atomic mass is 16.3. The van der Waals surface area contributed by atoms with Crippen molar-refractivity contribution in [2.24, 2.45) is 11.1 Å². The highest BCUT2D eigenvalue weighted by Crippen LogP contribution is 2.23. The molecule has 0 spiro atoms. The van der Waals surface area contributed by atoms with Gasteiger partial charge in [0.1, 0.15) is 11.5 Å². The van der Waals surface area contributed by atoms with Gasteiger partial charge in [0.05, 0.1) is 12.0 Å². The molecule has 1 aromatic heterocycles. The zero-order chi connectivity index (χ0) is 13.1. The molecular formula is C13H22N2O2. The van der Waals surface area contributed by atoms with Gasteiger partial charge in [-0.3, -0.25) is 4.79 Å². The molecule has 1 aromatic rings. The summed E-state index contributed by atoms with van der Waals surface area (Å²) >= 11 is 0. The number of hydrogen-bond acceptors (Lipinski definition) is 3. The van der Waals surface area contributed by atoms with Gasteiger partial charge >= 0.3 is 0 Å². The first kappa shape index (κ1) is 13.8. The van der Waals surface area contributed by atoms with Gasteiger partial charge in [-0.2, -0.15) is 0 Å². The number of amides is 1. The second kappa shape index (κ2) is 5.36. The predicted molar refractivity (Wildman–Crippen MR) is 67.4 cm³/mol. The molecule has 17 heavy (non-hydrogen) atoms. The van der Waals surface area contributed by atoms with Gasteiger partial charge in [0, 0.05) is 13.6 Å². The Hall–Kier alpha value is -1.29. The van der Waals surface area contributed by atoms with Gasteiger partial charge in [-0.1, -0.05) is 6.92 Å². The molecule has 1 amide bonds. The third-order valence-corrected chi connectivity index (χ3v) is 3.28. The maximum absolute atomic E-state index is 12.2. The van der Waals surface area contributed by atoms with Crippen LogP contribution in [0.3, 0.4) is 0 Å². The molecule has 2 N–H and O–H groups in total. The van der Waals surface area contributed by atoms with Crippen LogP contribution in [0, 0.1) is 12.3 Å². The summed E-state index contributed by atoms with van der Waals surface area (Å²) in [6, 6.07) is 3.79. The maximum Gasteiger partial charge on any atom is 0.229 e. The summed E-state index contributed by atoms with van der Waals surface area (Å²) in [6.45, 7) is 6.63. The van der Waals surface area contributed by atoms with Gasteiger partial charge in [0.2, 0.25) is 5.91 Å². The van der Waals surface area contributed by atoms with Crippen molar-refractivity contribution in [2.75, 3.05) is 13.6 Å². The average molecular weight is 238 g/mol. The van der Waals surface area contributed by atoms with Crippen LogP contribution in [0.25, 0.3) is 0 Å². The third-order valence-electron chi connectivity index (χ3n) is 3.28. The van der Waals surface area contributed by atoms with Crippen molar-refractivity contribution in [1.29, 1.82) is 0 Å². The smallest absolute Gasteiger partial charge is 0.229 e. The Morgan fingerprint density at radius 2 is 2.18 bits per heavy atom. The highest BCUT2D eigenvalue weighted by molar-refractivity contribution is 5.82. The normalized spacial score (nSPS) is 14.4. The lowest BCUT2D eigenvalue weighted by atomic mass is 9.86. The van der Waals surface area contributed by atoms with Crippen molar-refractivity contribution in [2.45, 2.75) is 33.7 Å². The Labute approximate surface area is 103 Å². The molecule has 1 unspecified atom stereocenters. The fraction of sp³-hybridized carbons (Fsp3) is 0.615. The highest BCUT2D eigenvalue weighted by Gasteiger charge is 2.32. The molecule has 0 bridgehead atoms. The van der Waals surface area contributed by atoms with E-state index in [1.807, 2.05) is 32.9 Å². The summed E-state index contributed by atoms with van der Waals surface area (Å²) < 4.78 is 5.46. The van der Waals surface area contributed by atoms with Crippen molar-refractivity contribution in [3.63, 3.8) is 0 Å².